The Bertz CT molecular complexity index is 139. The van der Waals surface area contributed by atoms with E-state index in [-0.39, 0.29) is 18.8 Å². The molecule has 0 saturated heterocycles. The van der Waals surface area contributed by atoms with Crippen molar-refractivity contribution in [2.45, 2.75) is 31.9 Å². The van der Waals surface area contributed by atoms with Gasteiger partial charge in [0, 0.05) is 6.42 Å². The first kappa shape index (κ1) is 14.2. The van der Waals surface area contributed by atoms with Crippen molar-refractivity contribution < 1.29 is 14.6 Å². The first-order valence-corrected chi connectivity index (χ1v) is 3.64. The van der Waals surface area contributed by atoms with Gasteiger partial charge in [-0.3, -0.25) is 5.73 Å². The first-order chi connectivity index (χ1) is 5.04. The SMILES string of the molecule is CCCCC(N)(O)C(=O)OC.Cl. The number of methoxy groups -OCH3 is 1. The highest BCUT2D eigenvalue weighted by molar-refractivity contribution is 5.85. The van der Waals surface area contributed by atoms with Crippen molar-refractivity contribution in [2.75, 3.05) is 7.11 Å². The molecule has 4 nitrogen and oxygen atoms in total. The Labute approximate surface area is 78.5 Å². The van der Waals surface area contributed by atoms with Crippen LogP contribution >= 0.6 is 12.4 Å². The number of hydrogen-bond donors (Lipinski definition) is 2. The van der Waals surface area contributed by atoms with Crippen molar-refractivity contribution >= 4 is 18.4 Å². The van der Waals surface area contributed by atoms with Gasteiger partial charge in [-0.1, -0.05) is 13.3 Å². The van der Waals surface area contributed by atoms with E-state index in [2.05, 4.69) is 4.74 Å². The Hall–Kier alpha value is -0.320. The fraction of sp³-hybridized carbons (Fsp3) is 0.857. The van der Waals surface area contributed by atoms with E-state index in [1.54, 1.807) is 0 Å². The smallest absolute Gasteiger partial charge is 0.353 e. The van der Waals surface area contributed by atoms with Crippen molar-refractivity contribution in [1.29, 1.82) is 0 Å². The second-order valence-electron chi connectivity index (χ2n) is 2.52. The summed E-state index contributed by atoms with van der Waals surface area (Å²) in [5.41, 5.74) is 3.44. The summed E-state index contributed by atoms with van der Waals surface area (Å²) in [6, 6.07) is 0. The van der Waals surface area contributed by atoms with E-state index in [0.29, 0.717) is 6.42 Å². The number of esters is 1. The van der Waals surface area contributed by atoms with E-state index in [4.69, 9.17) is 5.73 Å². The lowest BCUT2D eigenvalue weighted by molar-refractivity contribution is -0.162. The largest absolute Gasteiger partial charge is 0.466 e. The summed E-state index contributed by atoms with van der Waals surface area (Å²) in [5.74, 6) is -0.772. The van der Waals surface area contributed by atoms with Gasteiger partial charge in [0.1, 0.15) is 0 Å². The van der Waals surface area contributed by atoms with Crippen LogP contribution in [0.3, 0.4) is 0 Å². The average Bonchev–Trinajstić information content (AvgIpc) is 1.99. The van der Waals surface area contributed by atoms with Crippen LogP contribution in [0.5, 0.6) is 0 Å². The minimum absolute atomic E-state index is 0. The lowest BCUT2D eigenvalue weighted by Crippen LogP contribution is -2.48. The summed E-state index contributed by atoms with van der Waals surface area (Å²) in [7, 11) is 1.20. The molecule has 0 aliphatic rings. The van der Waals surface area contributed by atoms with Gasteiger partial charge < -0.3 is 9.84 Å². The second kappa shape index (κ2) is 6.22. The summed E-state index contributed by atoms with van der Waals surface area (Å²) in [4.78, 5) is 10.7. The van der Waals surface area contributed by atoms with Gasteiger partial charge in [0.05, 0.1) is 7.11 Å². The Morgan fingerprint density at radius 2 is 2.17 bits per heavy atom. The minimum atomic E-state index is -1.80. The Morgan fingerprint density at radius 3 is 2.50 bits per heavy atom. The molecule has 0 aromatic rings. The van der Waals surface area contributed by atoms with Crippen LogP contribution in [0.1, 0.15) is 26.2 Å². The third kappa shape index (κ3) is 4.54. The van der Waals surface area contributed by atoms with E-state index in [0.717, 1.165) is 6.42 Å². The van der Waals surface area contributed by atoms with Crippen LogP contribution in [0.25, 0.3) is 0 Å². The quantitative estimate of drug-likeness (QED) is 0.506. The highest BCUT2D eigenvalue weighted by Crippen LogP contribution is 2.08. The summed E-state index contributed by atoms with van der Waals surface area (Å²) >= 11 is 0. The Balaban J connectivity index is 0. The molecular weight excluding hydrogens is 182 g/mol. The van der Waals surface area contributed by atoms with Gasteiger partial charge in [-0.15, -0.1) is 12.4 Å². The molecule has 0 bridgehead atoms. The van der Waals surface area contributed by atoms with Gasteiger partial charge in [-0.05, 0) is 6.42 Å². The van der Waals surface area contributed by atoms with Crippen molar-refractivity contribution in [3.05, 3.63) is 0 Å². The molecule has 0 aromatic carbocycles. The summed E-state index contributed by atoms with van der Waals surface area (Å²) < 4.78 is 4.30. The zero-order valence-electron chi connectivity index (χ0n) is 7.37. The molecule has 0 aliphatic carbocycles. The normalized spacial score (nSPS) is 14.3. The third-order valence-corrected chi connectivity index (χ3v) is 1.45. The van der Waals surface area contributed by atoms with Gasteiger partial charge in [0.25, 0.3) is 0 Å². The molecule has 0 amide bonds. The lowest BCUT2D eigenvalue weighted by atomic mass is 10.1. The molecule has 0 aliphatic heterocycles. The first-order valence-electron chi connectivity index (χ1n) is 3.64. The zero-order chi connectivity index (χ0) is 8.91. The summed E-state index contributed by atoms with van der Waals surface area (Å²) in [5, 5.41) is 9.22. The van der Waals surface area contributed by atoms with E-state index < -0.39 is 11.7 Å². The number of ether oxygens (including phenoxy) is 1. The van der Waals surface area contributed by atoms with Crippen LogP contribution in [0.4, 0.5) is 0 Å². The van der Waals surface area contributed by atoms with Crippen molar-refractivity contribution in [2.24, 2.45) is 5.73 Å². The molecule has 74 valence electrons. The summed E-state index contributed by atoms with van der Waals surface area (Å²) in [6.45, 7) is 1.95. The molecule has 0 spiro atoms. The number of aliphatic hydroxyl groups is 1. The molecule has 12 heavy (non-hydrogen) atoms. The van der Waals surface area contributed by atoms with Gasteiger partial charge >= 0.3 is 5.97 Å². The monoisotopic (exact) mass is 197 g/mol. The number of hydrogen-bond acceptors (Lipinski definition) is 4. The van der Waals surface area contributed by atoms with E-state index >= 15 is 0 Å². The average molecular weight is 198 g/mol. The van der Waals surface area contributed by atoms with Gasteiger partial charge in [-0.25, -0.2) is 4.79 Å². The lowest BCUT2D eigenvalue weighted by Gasteiger charge is -2.18. The molecule has 0 aromatic heterocycles. The number of rotatable bonds is 4. The van der Waals surface area contributed by atoms with Crippen molar-refractivity contribution in [3.8, 4) is 0 Å². The molecule has 0 radical (unpaired) electrons. The molecule has 1 atom stereocenters. The summed E-state index contributed by atoms with van der Waals surface area (Å²) in [6.07, 6.45) is 1.84. The van der Waals surface area contributed by atoms with E-state index in [1.165, 1.54) is 7.11 Å². The van der Waals surface area contributed by atoms with Crippen LogP contribution < -0.4 is 5.73 Å². The van der Waals surface area contributed by atoms with Crippen LogP contribution in [0, 0.1) is 0 Å². The van der Waals surface area contributed by atoms with Crippen LogP contribution in [0.15, 0.2) is 0 Å². The van der Waals surface area contributed by atoms with Crippen molar-refractivity contribution in [1.82, 2.24) is 0 Å². The maximum Gasteiger partial charge on any atom is 0.353 e. The maximum absolute atomic E-state index is 10.7. The molecule has 1 unspecified atom stereocenters. The van der Waals surface area contributed by atoms with Gasteiger partial charge in [-0.2, -0.15) is 0 Å². The zero-order valence-corrected chi connectivity index (χ0v) is 8.19. The molecule has 0 rings (SSSR count). The van der Waals surface area contributed by atoms with Crippen LogP contribution in [-0.4, -0.2) is 23.9 Å². The molecule has 0 fully saturated rings. The molecule has 0 saturated carbocycles. The Morgan fingerprint density at radius 1 is 1.67 bits per heavy atom. The number of carbonyl (C=O) groups excluding carboxylic acids is 1. The number of carbonyl (C=O) groups is 1. The predicted molar refractivity (Wildman–Crippen MR) is 47.9 cm³/mol. The number of unbranched alkanes of at least 4 members (excludes halogenated alkanes) is 1. The van der Waals surface area contributed by atoms with Crippen molar-refractivity contribution in [3.63, 3.8) is 0 Å². The topological polar surface area (TPSA) is 72.5 Å². The number of halogens is 1. The highest BCUT2D eigenvalue weighted by Gasteiger charge is 2.31. The number of nitrogens with two attached hydrogens (primary N) is 1. The molecule has 3 N–H and O–H groups in total. The van der Waals surface area contributed by atoms with Gasteiger partial charge in [0.2, 0.25) is 5.72 Å². The fourth-order valence-electron chi connectivity index (χ4n) is 0.725. The minimum Gasteiger partial charge on any atom is -0.466 e. The second-order valence-corrected chi connectivity index (χ2v) is 2.52. The van der Waals surface area contributed by atoms with Crippen LogP contribution in [0.2, 0.25) is 0 Å². The molecule has 5 heteroatoms. The maximum atomic E-state index is 10.7. The Kier molecular flexibility index (Phi) is 7.37. The highest BCUT2D eigenvalue weighted by atomic mass is 35.5. The predicted octanol–water partition coefficient (Wildman–Crippen LogP) is 0.419. The van der Waals surface area contributed by atoms with E-state index in [1.807, 2.05) is 6.92 Å². The van der Waals surface area contributed by atoms with Crippen LogP contribution in [-0.2, 0) is 9.53 Å². The fourth-order valence-corrected chi connectivity index (χ4v) is 0.725. The molecule has 0 heterocycles. The third-order valence-electron chi connectivity index (χ3n) is 1.45. The molecular formula is C7H16ClNO3. The van der Waals surface area contributed by atoms with Gasteiger partial charge in [0.15, 0.2) is 0 Å². The standard InChI is InChI=1S/C7H15NO3.ClH/c1-3-4-5-7(8,10)6(9)11-2;/h10H,3-5,8H2,1-2H3;1H. The van der Waals surface area contributed by atoms with E-state index in [9.17, 15) is 9.90 Å².